The van der Waals surface area contributed by atoms with E-state index in [1.807, 2.05) is 6.08 Å². The molecule has 0 aromatic heterocycles. The van der Waals surface area contributed by atoms with E-state index in [0.29, 0.717) is 6.42 Å². The van der Waals surface area contributed by atoms with Gasteiger partial charge < -0.3 is 25.4 Å². The zero-order valence-corrected chi connectivity index (χ0v) is 11.9. The number of amides is 1. The lowest BCUT2D eigenvalue weighted by molar-refractivity contribution is -0.313. The Hall–Kier alpha value is -2.83. The number of fused-ring (bicyclic) bond motifs is 2. The Morgan fingerprint density at radius 1 is 1.13 bits per heavy atom. The van der Waals surface area contributed by atoms with Crippen LogP contribution in [-0.2, 0) is 9.59 Å². The van der Waals surface area contributed by atoms with Crippen LogP contribution in [0.15, 0.2) is 30.4 Å². The minimum Gasteiger partial charge on any atom is -0.872 e. The van der Waals surface area contributed by atoms with Gasteiger partial charge >= 0.3 is 5.97 Å². The molecule has 0 aliphatic heterocycles. The molecular weight excluding hydrogens is 302 g/mol. The molecule has 1 fully saturated rings. The van der Waals surface area contributed by atoms with Crippen molar-refractivity contribution in [3.63, 3.8) is 0 Å². The van der Waals surface area contributed by atoms with Crippen molar-refractivity contribution in [1.29, 1.82) is 0 Å². The van der Waals surface area contributed by atoms with E-state index in [0.717, 1.165) is 12.1 Å². The van der Waals surface area contributed by atoms with Gasteiger partial charge in [-0.15, -0.1) is 0 Å². The number of aromatic carboxylic acids is 1. The summed E-state index contributed by atoms with van der Waals surface area (Å²) in [7, 11) is 0. The molecule has 1 amide bonds. The zero-order valence-electron chi connectivity index (χ0n) is 11.9. The molecule has 2 aliphatic carbocycles. The van der Waals surface area contributed by atoms with Crippen molar-refractivity contribution in [2.45, 2.75) is 6.42 Å². The first kappa shape index (κ1) is 15.1. The number of carbonyl (C=O) groups excluding carboxylic acids is 2. The van der Waals surface area contributed by atoms with Crippen LogP contribution >= 0.6 is 0 Å². The van der Waals surface area contributed by atoms with E-state index in [1.54, 1.807) is 6.08 Å². The quantitative estimate of drug-likeness (QED) is 0.726. The second-order valence-corrected chi connectivity index (χ2v) is 5.82. The maximum atomic E-state index is 12.4. The Labute approximate surface area is 131 Å². The fraction of sp³-hybridized carbons (Fsp3) is 0.312. The highest BCUT2D eigenvalue weighted by molar-refractivity contribution is 5.97. The highest BCUT2D eigenvalue weighted by atomic mass is 16.4. The van der Waals surface area contributed by atoms with Gasteiger partial charge in [0.05, 0.1) is 11.5 Å². The summed E-state index contributed by atoms with van der Waals surface area (Å²) in [5.41, 5.74) is -0.243. The largest absolute Gasteiger partial charge is 0.872 e. The SMILES string of the molecule is O=C(O)c1ccc(NC(=O)[C@@H]2[C@@H](C(=O)[O-])[C@@H]3C=C[C@H]2C3)cc1[O-]. The van der Waals surface area contributed by atoms with Crippen LogP contribution in [0.2, 0.25) is 0 Å². The van der Waals surface area contributed by atoms with Gasteiger partial charge in [-0.3, -0.25) is 4.79 Å². The summed E-state index contributed by atoms with van der Waals surface area (Å²) in [6.45, 7) is 0. The summed E-state index contributed by atoms with van der Waals surface area (Å²) in [5, 5.41) is 34.2. The number of aliphatic carboxylic acids is 1. The Morgan fingerprint density at radius 2 is 1.78 bits per heavy atom. The summed E-state index contributed by atoms with van der Waals surface area (Å²) in [6.07, 6.45) is 4.23. The maximum absolute atomic E-state index is 12.4. The molecule has 0 saturated heterocycles. The van der Waals surface area contributed by atoms with Crippen LogP contribution in [-0.4, -0.2) is 23.0 Å². The molecule has 0 spiro atoms. The van der Waals surface area contributed by atoms with Gasteiger partial charge in [0.2, 0.25) is 5.91 Å². The predicted molar refractivity (Wildman–Crippen MR) is 74.2 cm³/mol. The van der Waals surface area contributed by atoms with Crippen molar-refractivity contribution >= 4 is 23.5 Å². The molecule has 1 aromatic carbocycles. The topological polar surface area (TPSA) is 130 Å². The Morgan fingerprint density at radius 3 is 2.35 bits per heavy atom. The summed E-state index contributed by atoms with van der Waals surface area (Å²) in [4.78, 5) is 34.5. The molecule has 0 unspecified atom stereocenters. The van der Waals surface area contributed by atoms with Gasteiger partial charge in [-0.05, 0) is 36.5 Å². The normalized spacial score (nSPS) is 27.8. The van der Waals surface area contributed by atoms with E-state index in [1.165, 1.54) is 6.07 Å². The molecule has 3 rings (SSSR count). The van der Waals surface area contributed by atoms with Crippen LogP contribution in [0.1, 0.15) is 16.8 Å². The van der Waals surface area contributed by atoms with Gasteiger partial charge in [-0.25, -0.2) is 4.79 Å². The summed E-state index contributed by atoms with van der Waals surface area (Å²) in [6, 6.07) is 3.43. The van der Waals surface area contributed by atoms with Gasteiger partial charge in [-0.2, -0.15) is 0 Å². The molecule has 7 heteroatoms. The molecule has 23 heavy (non-hydrogen) atoms. The molecule has 2 aliphatic rings. The number of allylic oxidation sites excluding steroid dienone is 2. The Bertz CT molecular complexity index is 725. The van der Waals surface area contributed by atoms with E-state index in [9.17, 15) is 24.6 Å². The van der Waals surface area contributed by atoms with Crippen LogP contribution in [0.4, 0.5) is 5.69 Å². The lowest BCUT2D eigenvalue weighted by Crippen LogP contribution is -2.42. The average Bonchev–Trinajstić information content (AvgIpc) is 3.07. The summed E-state index contributed by atoms with van der Waals surface area (Å²) >= 11 is 0. The number of nitrogens with one attached hydrogen (secondary N) is 1. The van der Waals surface area contributed by atoms with Crippen molar-refractivity contribution in [2.75, 3.05) is 5.32 Å². The van der Waals surface area contributed by atoms with Crippen molar-refractivity contribution < 1.29 is 29.7 Å². The van der Waals surface area contributed by atoms with E-state index in [2.05, 4.69) is 5.32 Å². The van der Waals surface area contributed by atoms with Crippen LogP contribution < -0.4 is 15.5 Å². The van der Waals surface area contributed by atoms with Gasteiger partial charge in [0.1, 0.15) is 0 Å². The predicted octanol–water partition coefficient (Wildman–Crippen LogP) is -0.415. The second-order valence-electron chi connectivity index (χ2n) is 5.82. The molecular formula is C16H13NO6-2. The lowest BCUT2D eigenvalue weighted by Gasteiger charge is -2.28. The number of hydrogen-bond acceptors (Lipinski definition) is 5. The molecule has 2 N–H and O–H groups in total. The van der Waals surface area contributed by atoms with Crippen molar-refractivity contribution in [3.05, 3.63) is 35.9 Å². The minimum absolute atomic E-state index is 0.147. The van der Waals surface area contributed by atoms with Crippen molar-refractivity contribution in [3.8, 4) is 5.75 Å². The highest BCUT2D eigenvalue weighted by Gasteiger charge is 2.48. The standard InChI is InChI=1S/C16H15NO6/c18-11-6-9(3-4-10(11)15(20)21)17-14(19)12-7-1-2-8(5-7)13(12)16(22)23/h1-4,6-8,12-13,18H,5H2,(H,17,19)(H,20,21)(H,22,23)/p-2/t7-,8+,12-,13-/m0/s1. The average molecular weight is 315 g/mol. The first-order valence-electron chi connectivity index (χ1n) is 7.13. The molecule has 7 nitrogen and oxygen atoms in total. The summed E-state index contributed by atoms with van der Waals surface area (Å²) < 4.78 is 0. The van der Waals surface area contributed by atoms with Gasteiger partial charge in [0, 0.05) is 17.6 Å². The molecule has 4 atom stereocenters. The third-order valence-corrected chi connectivity index (χ3v) is 4.51. The van der Waals surface area contributed by atoms with E-state index in [4.69, 9.17) is 5.11 Å². The van der Waals surface area contributed by atoms with E-state index < -0.39 is 41.0 Å². The Balaban J connectivity index is 1.79. The molecule has 0 heterocycles. The highest BCUT2D eigenvalue weighted by Crippen LogP contribution is 2.48. The first-order valence-corrected chi connectivity index (χ1v) is 7.13. The smallest absolute Gasteiger partial charge is 0.335 e. The van der Waals surface area contributed by atoms with Crippen LogP contribution in [0.5, 0.6) is 5.75 Å². The van der Waals surface area contributed by atoms with Crippen molar-refractivity contribution in [2.24, 2.45) is 23.7 Å². The fourth-order valence-corrected chi connectivity index (χ4v) is 3.50. The van der Waals surface area contributed by atoms with Crippen LogP contribution in [0, 0.1) is 23.7 Å². The number of rotatable bonds is 4. The lowest BCUT2D eigenvalue weighted by atomic mass is 9.82. The number of carbonyl (C=O) groups is 3. The van der Waals surface area contributed by atoms with Gasteiger partial charge in [0.15, 0.2) is 0 Å². The third kappa shape index (κ3) is 2.54. The molecule has 1 aromatic rings. The Kier molecular flexibility index (Phi) is 3.55. The van der Waals surface area contributed by atoms with Crippen LogP contribution in [0.25, 0.3) is 0 Å². The number of hydrogen-bond donors (Lipinski definition) is 2. The first-order chi connectivity index (χ1) is 10.9. The van der Waals surface area contributed by atoms with E-state index in [-0.39, 0.29) is 17.5 Å². The third-order valence-electron chi connectivity index (χ3n) is 4.51. The number of anilines is 1. The molecule has 2 bridgehead atoms. The number of carboxylic acid groups (broad SMARTS) is 2. The number of carboxylic acids is 2. The summed E-state index contributed by atoms with van der Waals surface area (Å²) in [5.74, 6) is -5.81. The van der Waals surface area contributed by atoms with Gasteiger partial charge in [-0.1, -0.05) is 17.9 Å². The molecule has 120 valence electrons. The molecule has 0 radical (unpaired) electrons. The zero-order chi connectivity index (χ0) is 16.7. The van der Waals surface area contributed by atoms with E-state index >= 15 is 0 Å². The monoisotopic (exact) mass is 315 g/mol. The fourth-order valence-electron chi connectivity index (χ4n) is 3.50. The van der Waals surface area contributed by atoms with Gasteiger partial charge in [0.25, 0.3) is 0 Å². The maximum Gasteiger partial charge on any atom is 0.335 e. The van der Waals surface area contributed by atoms with Crippen molar-refractivity contribution in [1.82, 2.24) is 0 Å². The molecule has 1 saturated carbocycles. The second kappa shape index (κ2) is 5.42. The van der Waals surface area contributed by atoms with Crippen LogP contribution in [0.3, 0.4) is 0 Å². The minimum atomic E-state index is -1.34. The number of benzene rings is 1.